The molecule has 0 unspecified atom stereocenters. The molecule has 0 bridgehead atoms. The Morgan fingerprint density at radius 3 is 1.72 bits per heavy atom. The Morgan fingerprint density at radius 1 is 0.590 bits per heavy atom. The highest BCUT2D eigenvalue weighted by Crippen LogP contribution is 2.29. The second-order valence-corrected chi connectivity index (χ2v) is 11.5. The van der Waals surface area contributed by atoms with Gasteiger partial charge in [0.05, 0.1) is 0 Å². The molecule has 0 aliphatic heterocycles. The van der Waals surface area contributed by atoms with Crippen LogP contribution in [0.2, 0.25) is 0 Å². The van der Waals surface area contributed by atoms with Crippen molar-refractivity contribution in [2.45, 2.75) is 65.7 Å². The molecule has 0 saturated heterocycles. The van der Waals surface area contributed by atoms with E-state index >= 15 is 0 Å². The first-order valence-corrected chi connectivity index (χ1v) is 15.5. The van der Waals surface area contributed by atoms with E-state index in [2.05, 4.69) is 73.0 Å². The van der Waals surface area contributed by atoms with Crippen LogP contribution in [0.15, 0.2) is 107 Å². The summed E-state index contributed by atoms with van der Waals surface area (Å²) >= 11 is 3.55. The van der Waals surface area contributed by atoms with Gasteiger partial charge in [0, 0.05) is 10.4 Å². The molecular formula is C36H41FS2. The van der Waals surface area contributed by atoms with E-state index in [1.165, 1.54) is 48.1 Å². The highest BCUT2D eigenvalue weighted by Gasteiger charge is 2.08. The summed E-state index contributed by atoms with van der Waals surface area (Å²) in [6.45, 7) is 2.23. The zero-order chi connectivity index (χ0) is 26.4. The van der Waals surface area contributed by atoms with Gasteiger partial charge in [-0.3, -0.25) is 0 Å². The molecule has 0 aliphatic carbocycles. The maximum absolute atomic E-state index is 15.0. The van der Waals surface area contributed by atoms with E-state index in [1.807, 2.05) is 46.4 Å². The van der Waals surface area contributed by atoms with Crippen LogP contribution in [0, 0.1) is 5.82 Å². The van der Waals surface area contributed by atoms with Crippen molar-refractivity contribution in [3.05, 3.63) is 129 Å². The molecule has 3 heteroatoms. The van der Waals surface area contributed by atoms with Crippen molar-refractivity contribution in [3.63, 3.8) is 0 Å². The van der Waals surface area contributed by atoms with Crippen LogP contribution in [-0.2, 0) is 19.3 Å². The van der Waals surface area contributed by atoms with Crippen molar-refractivity contribution in [1.29, 1.82) is 0 Å². The van der Waals surface area contributed by atoms with Gasteiger partial charge in [-0.2, -0.15) is 11.3 Å². The van der Waals surface area contributed by atoms with Gasteiger partial charge in [0.1, 0.15) is 5.82 Å². The average molecular weight is 557 g/mol. The SMILES string of the molecule is C.CCCCCc1ccc(-c2ccc(-c3ccc(CCCCc4cccs4)cc3)c(F)c2)cc1.c1ccsc1. The fourth-order valence-corrected chi connectivity index (χ4v) is 5.74. The lowest BCUT2D eigenvalue weighted by molar-refractivity contribution is 0.632. The molecular weight excluding hydrogens is 516 g/mol. The summed E-state index contributed by atoms with van der Waals surface area (Å²) in [5.41, 5.74) is 6.28. The Morgan fingerprint density at radius 2 is 1.18 bits per heavy atom. The number of rotatable bonds is 11. The average Bonchev–Trinajstić information content (AvgIpc) is 3.70. The second-order valence-electron chi connectivity index (χ2n) is 9.63. The summed E-state index contributed by atoms with van der Waals surface area (Å²) in [6, 6.07) is 31.0. The molecule has 0 amide bonds. The minimum absolute atomic E-state index is 0. The smallest absolute Gasteiger partial charge is 0.131 e. The molecule has 0 fully saturated rings. The van der Waals surface area contributed by atoms with Crippen molar-refractivity contribution in [3.8, 4) is 22.3 Å². The monoisotopic (exact) mass is 556 g/mol. The predicted molar refractivity (Wildman–Crippen MR) is 173 cm³/mol. The minimum atomic E-state index is -0.164. The maximum Gasteiger partial charge on any atom is 0.131 e. The fraction of sp³-hybridized carbons (Fsp3) is 0.278. The summed E-state index contributed by atoms with van der Waals surface area (Å²) in [5, 5.41) is 6.23. The largest absolute Gasteiger partial charge is 0.206 e. The van der Waals surface area contributed by atoms with Crippen LogP contribution in [0.3, 0.4) is 0 Å². The third kappa shape index (κ3) is 9.91. The normalized spacial score (nSPS) is 10.4. The van der Waals surface area contributed by atoms with Crippen molar-refractivity contribution in [2.75, 3.05) is 0 Å². The predicted octanol–water partition coefficient (Wildman–Crippen LogP) is 11.9. The Balaban J connectivity index is 0.000000630. The topological polar surface area (TPSA) is 0 Å². The van der Waals surface area contributed by atoms with Crippen LogP contribution in [-0.4, -0.2) is 0 Å². The van der Waals surface area contributed by atoms with Crippen LogP contribution < -0.4 is 0 Å². The third-order valence-corrected chi connectivity index (χ3v) is 8.30. The van der Waals surface area contributed by atoms with Gasteiger partial charge in [0.15, 0.2) is 0 Å². The Hall–Kier alpha value is -3.01. The lowest BCUT2D eigenvalue weighted by Gasteiger charge is -2.09. The summed E-state index contributed by atoms with van der Waals surface area (Å²) in [6.07, 6.45) is 9.47. The van der Waals surface area contributed by atoms with Crippen molar-refractivity contribution in [1.82, 2.24) is 0 Å². The van der Waals surface area contributed by atoms with Gasteiger partial charge in [-0.25, -0.2) is 4.39 Å². The second kappa shape index (κ2) is 16.8. The number of aryl methyl sites for hydroxylation is 3. The van der Waals surface area contributed by atoms with Gasteiger partial charge in [0.2, 0.25) is 0 Å². The molecule has 5 rings (SSSR count). The summed E-state index contributed by atoms with van der Waals surface area (Å²) in [5.74, 6) is -0.164. The van der Waals surface area contributed by atoms with Crippen LogP contribution in [0.1, 0.15) is 62.5 Å². The van der Waals surface area contributed by atoms with Gasteiger partial charge in [-0.15, -0.1) is 11.3 Å². The number of hydrogen-bond donors (Lipinski definition) is 0. The van der Waals surface area contributed by atoms with Crippen molar-refractivity contribution in [2.24, 2.45) is 0 Å². The van der Waals surface area contributed by atoms with E-state index in [0.29, 0.717) is 5.56 Å². The number of hydrogen-bond acceptors (Lipinski definition) is 2. The molecule has 3 aromatic carbocycles. The lowest BCUT2D eigenvalue weighted by atomic mass is 9.97. The van der Waals surface area contributed by atoms with Gasteiger partial charge >= 0.3 is 0 Å². The van der Waals surface area contributed by atoms with Crippen LogP contribution >= 0.6 is 22.7 Å². The number of halogens is 1. The van der Waals surface area contributed by atoms with E-state index in [4.69, 9.17) is 0 Å². The quantitative estimate of drug-likeness (QED) is 0.142. The summed E-state index contributed by atoms with van der Waals surface area (Å²) in [4.78, 5) is 1.46. The molecule has 0 radical (unpaired) electrons. The van der Waals surface area contributed by atoms with E-state index in [-0.39, 0.29) is 13.2 Å². The van der Waals surface area contributed by atoms with Crippen LogP contribution in [0.4, 0.5) is 4.39 Å². The molecule has 204 valence electrons. The van der Waals surface area contributed by atoms with Gasteiger partial charge in [0.25, 0.3) is 0 Å². The van der Waals surface area contributed by atoms with Gasteiger partial charge < -0.3 is 0 Å². The zero-order valence-electron chi connectivity index (χ0n) is 22.2. The molecule has 0 spiro atoms. The number of thiophene rings is 2. The van der Waals surface area contributed by atoms with E-state index in [1.54, 1.807) is 17.4 Å². The highest BCUT2D eigenvalue weighted by molar-refractivity contribution is 7.09. The van der Waals surface area contributed by atoms with E-state index in [0.717, 1.165) is 36.0 Å². The van der Waals surface area contributed by atoms with Crippen LogP contribution in [0.5, 0.6) is 0 Å². The molecule has 39 heavy (non-hydrogen) atoms. The zero-order valence-corrected chi connectivity index (χ0v) is 23.9. The molecule has 0 aliphatic rings. The molecule has 0 nitrogen and oxygen atoms in total. The Bertz CT molecular complexity index is 1280. The molecule has 2 heterocycles. The fourth-order valence-electron chi connectivity index (χ4n) is 4.53. The van der Waals surface area contributed by atoms with Gasteiger partial charge in [-0.1, -0.05) is 106 Å². The number of unbranched alkanes of at least 4 members (excludes halogenated alkanes) is 3. The first-order chi connectivity index (χ1) is 18.7. The van der Waals surface area contributed by atoms with Crippen LogP contribution in [0.25, 0.3) is 22.3 Å². The standard InChI is InChI=1S/C31H33FS.C4H4S.CH4/c1-2-3-4-8-24-12-16-26(17-13-24)28-20-21-30(31(32)23-28)27-18-14-25(15-19-27)9-5-6-10-29-11-7-22-33-29;1-2-4-5-3-1;/h7,11-23H,2-6,8-10H2,1H3;1-4H;1H4. The molecule has 0 saturated carbocycles. The molecule has 2 aromatic heterocycles. The Labute approximate surface area is 243 Å². The van der Waals surface area contributed by atoms with Crippen molar-refractivity contribution >= 4 is 22.7 Å². The van der Waals surface area contributed by atoms with Crippen molar-refractivity contribution < 1.29 is 4.39 Å². The molecule has 0 atom stereocenters. The third-order valence-electron chi connectivity index (χ3n) is 6.73. The maximum atomic E-state index is 15.0. The first-order valence-electron chi connectivity index (χ1n) is 13.7. The van der Waals surface area contributed by atoms with Gasteiger partial charge in [-0.05, 0) is 94.6 Å². The molecule has 0 N–H and O–H groups in total. The van der Waals surface area contributed by atoms with E-state index in [9.17, 15) is 4.39 Å². The minimum Gasteiger partial charge on any atom is -0.206 e. The number of benzene rings is 3. The summed E-state index contributed by atoms with van der Waals surface area (Å²) in [7, 11) is 0. The highest BCUT2D eigenvalue weighted by atomic mass is 32.1. The summed E-state index contributed by atoms with van der Waals surface area (Å²) < 4.78 is 15.0. The van der Waals surface area contributed by atoms with E-state index < -0.39 is 0 Å². The first kappa shape index (κ1) is 30.5. The Kier molecular flexibility index (Phi) is 13.2. The lowest BCUT2D eigenvalue weighted by Crippen LogP contribution is -1.90. The molecule has 5 aromatic rings.